The first-order valence-electron chi connectivity index (χ1n) is 11.0. The van der Waals surface area contributed by atoms with Crippen LogP contribution in [0.4, 0.5) is 10.1 Å². The molecule has 0 amide bonds. The molecule has 0 atom stereocenters. The van der Waals surface area contributed by atoms with Crippen LogP contribution in [0.2, 0.25) is 0 Å². The molecule has 2 aliphatic heterocycles. The summed E-state index contributed by atoms with van der Waals surface area (Å²) in [7, 11) is 1.65. The largest absolute Gasteiger partial charge is 0.497 e. The first-order chi connectivity index (χ1) is 15.1. The van der Waals surface area contributed by atoms with E-state index in [1.807, 2.05) is 30.3 Å². The summed E-state index contributed by atoms with van der Waals surface area (Å²) in [5.41, 5.74) is 3.56. The fourth-order valence-corrected chi connectivity index (χ4v) is 4.24. The van der Waals surface area contributed by atoms with E-state index in [1.165, 1.54) is 6.07 Å². The lowest BCUT2D eigenvalue weighted by Crippen LogP contribution is -2.51. The van der Waals surface area contributed by atoms with E-state index in [9.17, 15) is 9.50 Å². The molecule has 4 rings (SSSR count). The van der Waals surface area contributed by atoms with Crippen molar-refractivity contribution in [3.05, 3.63) is 53.3 Å². The molecule has 1 N–H and O–H groups in total. The molecule has 0 aliphatic carbocycles. The fraction of sp³-hybridized carbons (Fsp3) is 0.440. The second-order valence-corrected chi connectivity index (χ2v) is 8.24. The van der Waals surface area contributed by atoms with Gasteiger partial charge in [-0.05, 0) is 54.3 Å². The van der Waals surface area contributed by atoms with Crippen LogP contribution >= 0.6 is 0 Å². The van der Waals surface area contributed by atoms with Crippen LogP contribution in [-0.2, 0) is 0 Å². The van der Waals surface area contributed by atoms with E-state index in [2.05, 4.69) is 16.7 Å². The van der Waals surface area contributed by atoms with Crippen molar-refractivity contribution in [2.24, 2.45) is 0 Å². The van der Waals surface area contributed by atoms with Gasteiger partial charge in [-0.3, -0.25) is 4.90 Å². The van der Waals surface area contributed by atoms with Gasteiger partial charge in [-0.25, -0.2) is 4.39 Å². The number of rotatable bonds is 9. The summed E-state index contributed by atoms with van der Waals surface area (Å²) >= 11 is 0. The molecule has 1 fully saturated rings. The van der Waals surface area contributed by atoms with Crippen LogP contribution in [0.5, 0.6) is 11.5 Å². The Balaban J connectivity index is 1.62. The number of benzene rings is 2. The Bertz CT molecular complexity index is 923. The average molecular weight is 427 g/mol. The number of aliphatic hydroxyl groups excluding tert-OH is 1. The zero-order valence-electron chi connectivity index (χ0n) is 18.3. The van der Waals surface area contributed by atoms with Crippen LogP contribution in [0.1, 0.15) is 30.9 Å². The van der Waals surface area contributed by atoms with Gasteiger partial charge < -0.3 is 19.5 Å². The third-order valence-electron chi connectivity index (χ3n) is 5.89. The van der Waals surface area contributed by atoms with E-state index >= 15 is 0 Å². The van der Waals surface area contributed by atoms with Crippen molar-refractivity contribution in [1.82, 2.24) is 4.90 Å². The Morgan fingerprint density at radius 3 is 2.55 bits per heavy atom. The quantitative estimate of drug-likeness (QED) is 0.656. The van der Waals surface area contributed by atoms with Gasteiger partial charge in [-0.15, -0.1) is 0 Å². The van der Waals surface area contributed by atoms with Gasteiger partial charge in [0.05, 0.1) is 25.5 Å². The van der Waals surface area contributed by atoms with E-state index < -0.39 is 0 Å². The van der Waals surface area contributed by atoms with Gasteiger partial charge in [0.2, 0.25) is 0 Å². The molecule has 0 aromatic heterocycles. The molecule has 0 unspecified atom stereocenters. The summed E-state index contributed by atoms with van der Waals surface area (Å²) in [5.74, 6) is 1.30. The summed E-state index contributed by atoms with van der Waals surface area (Å²) in [6.45, 7) is 6.56. The number of methoxy groups -OCH3 is 1. The van der Waals surface area contributed by atoms with Crippen LogP contribution in [0.3, 0.4) is 0 Å². The zero-order chi connectivity index (χ0) is 21.8. The van der Waals surface area contributed by atoms with Crippen molar-refractivity contribution in [2.45, 2.75) is 25.9 Å². The standard InChI is InChI=1S/C25H31FN2O3/c1-3-13-31-24-10-9-23(26)22-14-19(18-5-7-21(30-2)8-6-18)15-28(25(22)24)12-4-11-27-16-20(29)17-27/h5-10,14,20,29H,3-4,11-13,15-17H2,1-2H3. The highest BCUT2D eigenvalue weighted by Gasteiger charge is 2.27. The number of fused-ring (bicyclic) bond motifs is 1. The molecule has 1 saturated heterocycles. The van der Waals surface area contributed by atoms with E-state index in [0.717, 1.165) is 67.3 Å². The maximum atomic E-state index is 14.9. The van der Waals surface area contributed by atoms with Gasteiger partial charge in [0, 0.05) is 38.3 Å². The molecule has 2 aliphatic rings. The van der Waals surface area contributed by atoms with Crippen molar-refractivity contribution in [3.63, 3.8) is 0 Å². The molecule has 31 heavy (non-hydrogen) atoms. The Labute approximate surface area is 183 Å². The Kier molecular flexibility index (Phi) is 6.78. The number of hydrogen-bond acceptors (Lipinski definition) is 5. The molecule has 2 aromatic carbocycles. The smallest absolute Gasteiger partial charge is 0.143 e. The molecule has 5 nitrogen and oxygen atoms in total. The summed E-state index contributed by atoms with van der Waals surface area (Å²) < 4.78 is 26.2. The molecule has 6 heteroatoms. The highest BCUT2D eigenvalue weighted by Crippen LogP contribution is 2.41. The second kappa shape index (κ2) is 9.71. The third-order valence-corrected chi connectivity index (χ3v) is 5.89. The van der Waals surface area contributed by atoms with Crippen LogP contribution in [0, 0.1) is 5.82 Å². The van der Waals surface area contributed by atoms with Crippen molar-refractivity contribution in [3.8, 4) is 11.5 Å². The lowest BCUT2D eigenvalue weighted by Gasteiger charge is -2.37. The van der Waals surface area contributed by atoms with Crippen molar-refractivity contribution in [1.29, 1.82) is 0 Å². The number of hydrogen-bond donors (Lipinski definition) is 1. The Morgan fingerprint density at radius 2 is 1.87 bits per heavy atom. The van der Waals surface area contributed by atoms with Crippen LogP contribution in [0.25, 0.3) is 11.6 Å². The molecule has 2 aromatic rings. The van der Waals surface area contributed by atoms with E-state index in [-0.39, 0.29) is 11.9 Å². The highest BCUT2D eigenvalue weighted by molar-refractivity contribution is 5.93. The lowest BCUT2D eigenvalue weighted by molar-refractivity contribution is 0.00214. The minimum atomic E-state index is -0.236. The number of anilines is 1. The summed E-state index contributed by atoms with van der Waals surface area (Å²) in [6.07, 6.45) is 3.60. The SMILES string of the molecule is CCCOc1ccc(F)c2c1N(CCCN1CC(O)C1)CC(c1ccc(OC)cc1)=C2. The number of β-amino-alcohol motifs (C(OH)–C–C–N with tert-alkyl or cyclic N) is 1. The van der Waals surface area contributed by atoms with Gasteiger partial charge in [0.15, 0.2) is 0 Å². The normalized spacial score (nSPS) is 16.5. The molecule has 2 heterocycles. The molecule has 166 valence electrons. The van der Waals surface area contributed by atoms with Gasteiger partial charge in [-0.1, -0.05) is 19.1 Å². The minimum absolute atomic E-state index is 0.191. The maximum Gasteiger partial charge on any atom is 0.143 e. The maximum absolute atomic E-state index is 14.9. The number of nitrogens with zero attached hydrogens (tertiary/aromatic N) is 2. The number of likely N-dealkylation sites (tertiary alicyclic amines) is 1. The predicted octanol–water partition coefficient (Wildman–Crippen LogP) is 4.05. The molecule has 0 radical (unpaired) electrons. The van der Waals surface area contributed by atoms with E-state index in [1.54, 1.807) is 13.2 Å². The summed E-state index contributed by atoms with van der Waals surface area (Å²) in [5, 5.41) is 9.52. The highest BCUT2D eigenvalue weighted by atomic mass is 19.1. The average Bonchev–Trinajstić information content (AvgIpc) is 2.77. The van der Waals surface area contributed by atoms with Crippen LogP contribution in [0.15, 0.2) is 36.4 Å². The van der Waals surface area contributed by atoms with Crippen molar-refractivity contribution in [2.75, 3.05) is 51.3 Å². The summed E-state index contributed by atoms with van der Waals surface area (Å²) in [4.78, 5) is 4.48. The molecular weight excluding hydrogens is 395 g/mol. The van der Waals surface area contributed by atoms with E-state index in [0.29, 0.717) is 18.7 Å². The Morgan fingerprint density at radius 1 is 1.10 bits per heavy atom. The predicted molar refractivity (Wildman–Crippen MR) is 122 cm³/mol. The zero-order valence-corrected chi connectivity index (χ0v) is 18.3. The van der Waals surface area contributed by atoms with Gasteiger partial charge in [0.25, 0.3) is 0 Å². The fourth-order valence-electron chi connectivity index (χ4n) is 4.24. The lowest BCUT2D eigenvalue weighted by atomic mass is 9.96. The summed E-state index contributed by atoms with van der Waals surface area (Å²) in [6, 6.07) is 11.1. The molecule has 0 spiro atoms. The van der Waals surface area contributed by atoms with E-state index in [4.69, 9.17) is 9.47 Å². The minimum Gasteiger partial charge on any atom is -0.497 e. The van der Waals surface area contributed by atoms with Crippen molar-refractivity contribution < 1.29 is 19.0 Å². The number of ether oxygens (including phenoxy) is 2. The molecule has 0 saturated carbocycles. The van der Waals surface area contributed by atoms with Gasteiger partial charge in [0.1, 0.15) is 17.3 Å². The van der Waals surface area contributed by atoms with Gasteiger partial charge >= 0.3 is 0 Å². The van der Waals surface area contributed by atoms with Crippen LogP contribution < -0.4 is 14.4 Å². The van der Waals surface area contributed by atoms with Crippen molar-refractivity contribution >= 4 is 17.3 Å². The van der Waals surface area contributed by atoms with Gasteiger partial charge in [-0.2, -0.15) is 0 Å². The first-order valence-corrected chi connectivity index (χ1v) is 11.0. The first kappa shape index (κ1) is 21.7. The van der Waals surface area contributed by atoms with Crippen LogP contribution in [-0.4, -0.2) is 62.6 Å². The topological polar surface area (TPSA) is 45.2 Å². The molecular formula is C25H31FN2O3. The third kappa shape index (κ3) is 4.86. The number of halogens is 1. The molecule has 0 bridgehead atoms. The number of aliphatic hydroxyl groups is 1. The second-order valence-electron chi connectivity index (χ2n) is 8.24. The monoisotopic (exact) mass is 426 g/mol. The Hall–Kier alpha value is -2.57.